The first-order valence-corrected chi connectivity index (χ1v) is 6.77. The third-order valence-corrected chi connectivity index (χ3v) is 3.17. The SMILES string of the molecule is CCc1c(NC(C)=O)c(=O)n(CC)n1-c1ccccc1. The van der Waals surface area contributed by atoms with Crippen molar-refractivity contribution in [1.29, 1.82) is 0 Å². The van der Waals surface area contributed by atoms with E-state index in [2.05, 4.69) is 5.32 Å². The van der Waals surface area contributed by atoms with Crippen LogP contribution in [0.5, 0.6) is 0 Å². The molecular weight excluding hydrogens is 254 g/mol. The highest BCUT2D eigenvalue weighted by Gasteiger charge is 2.19. The zero-order valence-corrected chi connectivity index (χ0v) is 12.0. The second-order valence-corrected chi connectivity index (χ2v) is 4.52. The minimum atomic E-state index is -0.231. The molecule has 1 heterocycles. The van der Waals surface area contributed by atoms with Crippen molar-refractivity contribution in [2.75, 3.05) is 5.32 Å². The summed E-state index contributed by atoms with van der Waals surface area (Å²) in [6, 6.07) is 9.68. The molecule has 0 saturated heterocycles. The number of aromatic nitrogens is 2. The molecule has 2 rings (SSSR count). The summed E-state index contributed by atoms with van der Waals surface area (Å²) < 4.78 is 3.52. The van der Waals surface area contributed by atoms with Crippen molar-refractivity contribution >= 4 is 11.6 Å². The van der Waals surface area contributed by atoms with Gasteiger partial charge in [0.15, 0.2) is 0 Å². The highest BCUT2D eigenvalue weighted by Crippen LogP contribution is 2.18. The number of hydrogen-bond acceptors (Lipinski definition) is 2. The van der Waals surface area contributed by atoms with Gasteiger partial charge in [-0.05, 0) is 25.5 Å². The lowest BCUT2D eigenvalue weighted by Crippen LogP contribution is -2.23. The third-order valence-electron chi connectivity index (χ3n) is 3.17. The van der Waals surface area contributed by atoms with Gasteiger partial charge in [0.1, 0.15) is 5.69 Å². The Morgan fingerprint density at radius 2 is 1.85 bits per heavy atom. The first-order chi connectivity index (χ1) is 9.60. The maximum Gasteiger partial charge on any atom is 0.291 e. The van der Waals surface area contributed by atoms with Crippen LogP contribution in [-0.4, -0.2) is 15.3 Å². The standard InChI is InChI=1S/C15H19N3O2/c1-4-13-14(16-11(3)19)15(20)17(5-2)18(13)12-9-7-6-8-10-12/h6-10H,4-5H2,1-3H3,(H,16,19). The highest BCUT2D eigenvalue weighted by molar-refractivity contribution is 5.89. The molecule has 0 unspecified atom stereocenters. The van der Waals surface area contributed by atoms with Gasteiger partial charge in [-0.3, -0.25) is 14.3 Å². The molecule has 0 saturated carbocycles. The van der Waals surface area contributed by atoms with Crippen LogP contribution < -0.4 is 10.9 Å². The second kappa shape index (κ2) is 5.77. The van der Waals surface area contributed by atoms with E-state index in [1.54, 1.807) is 4.68 Å². The van der Waals surface area contributed by atoms with Gasteiger partial charge >= 0.3 is 0 Å². The summed E-state index contributed by atoms with van der Waals surface area (Å²) in [5.41, 5.74) is 1.95. The van der Waals surface area contributed by atoms with Crippen LogP contribution in [0.4, 0.5) is 5.69 Å². The zero-order valence-electron chi connectivity index (χ0n) is 12.0. The van der Waals surface area contributed by atoms with Crippen LogP contribution in [0.3, 0.4) is 0 Å². The van der Waals surface area contributed by atoms with Crippen molar-refractivity contribution in [2.24, 2.45) is 0 Å². The first kappa shape index (κ1) is 14.1. The normalized spacial score (nSPS) is 10.6. The molecule has 1 aromatic heterocycles. The van der Waals surface area contributed by atoms with E-state index in [0.717, 1.165) is 11.4 Å². The fraction of sp³-hybridized carbons (Fsp3) is 0.333. The number of carbonyl (C=O) groups is 1. The molecule has 20 heavy (non-hydrogen) atoms. The molecular formula is C15H19N3O2. The minimum Gasteiger partial charge on any atom is -0.320 e. The zero-order chi connectivity index (χ0) is 14.7. The molecule has 0 atom stereocenters. The highest BCUT2D eigenvalue weighted by atomic mass is 16.2. The lowest BCUT2D eigenvalue weighted by atomic mass is 10.2. The van der Waals surface area contributed by atoms with E-state index in [1.165, 1.54) is 6.92 Å². The number of rotatable bonds is 4. The molecule has 0 aliphatic heterocycles. The van der Waals surface area contributed by atoms with E-state index in [1.807, 2.05) is 48.9 Å². The molecule has 106 valence electrons. The molecule has 5 nitrogen and oxygen atoms in total. The summed E-state index contributed by atoms with van der Waals surface area (Å²) in [7, 11) is 0. The fourth-order valence-electron chi connectivity index (χ4n) is 2.37. The molecule has 0 spiro atoms. The Kier molecular flexibility index (Phi) is 4.08. The average Bonchev–Trinajstić information content (AvgIpc) is 2.71. The number of amides is 1. The Bertz CT molecular complexity index is 668. The largest absolute Gasteiger partial charge is 0.320 e. The lowest BCUT2D eigenvalue weighted by Gasteiger charge is -2.13. The van der Waals surface area contributed by atoms with Crippen molar-refractivity contribution in [3.8, 4) is 5.69 Å². The van der Waals surface area contributed by atoms with Crippen molar-refractivity contribution in [3.05, 3.63) is 46.4 Å². The van der Waals surface area contributed by atoms with Gasteiger partial charge < -0.3 is 5.32 Å². The number of carbonyl (C=O) groups excluding carboxylic acids is 1. The van der Waals surface area contributed by atoms with Gasteiger partial charge in [-0.25, -0.2) is 4.68 Å². The summed E-state index contributed by atoms with van der Waals surface area (Å²) >= 11 is 0. The Balaban J connectivity index is 2.73. The van der Waals surface area contributed by atoms with E-state index in [4.69, 9.17) is 0 Å². The molecule has 0 fully saturated rings. The van der Waals surface area contributed by atoms with Crippen LogP contribution >= 0.6 is 0 Å². The van der Waals surface area contributed by atoms with Gasteiger partial charge in [0, 0.05) is 13.5 Å². The molecule has 0 radical (unpaired) electrons. The number of benzene rings is 1. The predicted molar refractivity (Wildman–Crippen MR) is 79.4 cm³/mol. The predicted octanol–water partition coefficient (Wildman–Crippen LogP) is 2.18. The van der Waals surface area contributed by atoms with E-state index in [0.29, 0.717) is 18.7 Å². The van der Waals surface area contributed by atoms with Gasteiger partial charge in [-0.2, -0.15) is 0 Å². The summed E-state index contributed by atoms with van der Waals surface area (Å²) in [5, 5.41) is 2.66. The smallest absolute Gasteiger partial charge is 0.291 e. The first-order valence-electron chi connectivity index (χ1n) is 6.77. The maximum atomic E-state index is 12.4. The molecule has 1 N–H and O–H groups in total. The molecule has 2 aromatic rings. The topological polar surface area (TPSA) is 56.0 Å². The van der Waals surface area contributed by atoms with Crippen molar-refractivity contribution in [1.82, 2.24) is 9.36 Å². The Morgan fingerprint density at radius 1 is 1.20 bits per heavy atom. The number of hydrogen-bond donors (Lipinski definition) is 1. The van der Waals surface area contributed by atoms with Crippen LogP contribution in [0.25, 0.3) is 5.69 Å². The third kappa shape index (κ3) is 2.39. The van der Waals surface area contributed by atoms with Crippen molar-refractivity contribution in [3.63, 3.8) is 0 Å². The summed E-state index contributed by atoms with van der Waals surface area (Å²) in [6.07, 6.45) is 0.659. The second-order valence-electron chi connectivity index (χ2n) is 4.52. The monoisotopic (exact) mass is 273 g/mol. The molecule has 0 aliphatic carbocycles. The molecule has 1 aromatic carbocycles. The van der Waals surface area contributed by atoms with Crippen molar-refractivity contribution in [2.45, 2.75) is 33.7 Å². The van der Waals surface area contributed by atoms with E-state index < -0.39 is 0 Å². The summed E-state index contributed by atoms with van der Waals surface area (Å²) in [5.74, 6) is -0.231. The van der Waals surface area contributed by atoms with Crippen LogP contribution in [0.2, 0.25) is 0 Å². The van der Waals surface area contributed by atoms with Gasteiger partial charge in [0.25, 0.3) is 5.56 Å². The van der Waals surface area contributed by atoms with Crippen LogP contribution in [-0.2, 0) is 17.8 Å². The number of anilines is 1. The molecule has 0 bridgehead atoms. The Labute approximate surface area is 117 Å². The molecule has 0 aliphatic rings. The summed E-state index contributed by atoms with van der Waals surface area (Å²) in [4.78, 5) is 23.7. The van der Waals surface area contributed by atoms with Gasteiger partial charge in [0.05, 0.1) is 11.4 Å². The van der Waals surface area contributed by atoms with E-state index >= 15 is 0 Å². The Morgan fingerprint density at radius 3 is 2.35 bits per heavy atom. The Hall–Kier alpha value is -2.30. The van der Waals surface area contributed by atoms with Crippen molar-refractivity contribution < 1.29 is 4.79 Å². The number of para-hydroxylation sites is 1. The number of nitrogens with one attached hydrogen (secondary N) is 1. The quantitative estimate of drug-likeness (QED) is 0.928. The summed E-state index contributed by atoms with van der Waals surface area (Å²) in [6.45, 7) is 5.84. The number of nitrogens with zero attached hydrogens (tertiary/aromatic N) is 2. The lowest BCUT2D eigenvalue weighted by molar-refractivity contribution is -0.114. The van der Waals surface area contributed by atoms with E-state index in [-0.39, 0.29) is 11.5 Å². The van der Waals surface area contributed by atoms with Crippen LogP contribution in [0.1, 0.15) is 26.5 Å². The van der Waals surface area contributed by atoms with Crippen LogP contribution in [0.15, 0.2) is 35.1 Å². The van der Waals surface area contributed by atoms with E-state index in [9.17, 15) is 9.59 Å². The molecule has 1 amide bonds. The minimum absolute atomic E-state index is 0.164. The van der Waals surface area contributed by atoms with Gasteiger partial charge in [-0.1, -0.05) is 25.1 Å². The fourth-order valence-corrected chi connectivity index (χ4v) is 2.37. The maximum absolute atomic E-state index is 12.4. The average molecular weight is 273 g/mol. The van der Waals surface area contributed by atoms with Gasteiger partial charge in [0.2, 0.25) is 5.91 Å². The molecule has 5 heteroatoms. The van der Waals surface area contributed by atoms with Crippen LogP contribution in [0, 0.1) is 0 Å². The van der Waals surface area contributed by atoms with Gasteiger partial charge in [-0.15, -0.1) is 0 Å².